The van der Waals surface area contributed by atoms with Gasteiger partial charge in [-0.15, -0.1) is 0 Å². The van der Waals surface area contributed by atoms with Crippen LogP contribution < -0.4 is 0 Å². The zero-order chi connectivity index (χ0) is 5.98. The van der Waals surface area contributed by atoms with E-state index in [9.17, 15) is 4.39 Å². The van der Waals surface area contributed by atoms with Crippen molar-refractivity contribution in [3.63, 3.8) is 0 Å². The molecule has 0 bridgehead atoms. The molecule has 1 fully saturated rings. The molecule has 1 aliphatic rings. The van der Waals surface area contributed by atoms with Crippen molar-refractivity contribution in [1.82, 2.24) is 0 Å². The molecule has 0 heterocycles. The molecule has 0 nitrogen and oxygen atoms in total. The zero-order valence-electron chi connectivity index (χ0n) is 4.81. The Morgan fingerprint density at radius 1 is 1.25 bits per heavy atom. The lowest BCUT2D eigenvalue weighted by Crippen LogP contribution is -2.20. The molecule has 0 radical (unpaired) electrons. The Bertz CT molecular complexity index is 64.9. The Morgan fingerprint density at radius 3 is 2.25 bits per heavy atom. The monoisotopic (exact) mass is 134 g/mol. The van der Waals surface area contributed by atoms with Gasteiger partial charge in [0.1, 0.15) is 6.17 Å². The maximum atomic E-state index is 12.5. The van der Waals surface area contributed by atoms with Crippen molar-refractivity contribution in [2.24, 2.45) is 0 Å². The van der Waals surface area contributed by atoms with Crippen LogP contribution in [-0.2, 0) is 0 Å². The van der Waals surface area contributed by atoms with E-state index in [0.29, 0.717) is 0 Å². The molecule has 1 rings (SSSR count). The zero-order valence-corrected chi connectivity index (χ0v) is 5.70. The second-order valence-corrected chi connectivity index (χ2v) is 3.03. The third-order valence-corrected chi connectivity index (χ3v) is 2.23. The van der Waals surface area contributed by atoms with Gasteiger partial charge in [0.2, 0.25) is 0 Å². The fourth-order valence-electron chi connectivity index (χ4n) is 1.07. The summed E-state index contributed by atoms with van der Waals surface area (Å²) in [6.45, 7) is 0. The van der Waals surface area contributed by atoms with Crippen LogP contribution in [0.5, 0.6) is 0 Å². The molecule has 0 aliphatic heterocycles. The molecule has 0 aromatic rings. The first-order valence-corrected chi connectivity index (χ1v) is 3.64. The molecule has 2 atom stereocenters. The standard InChI is InChI=1S/C6H11FS/c7-5-3-1-2-4-6(5)8/h5-6,8H,1-4H2/t5-,6-/m1/s1. The van der Waals surface area contributed by atoms with Crippen LogP contribution in [-0.4, -0.2) is 11.4 Å². The molecule has 0 aromatic heterocycles. The van der Waals surface area contributed by atoms with Crippen molar-refractivity contribution < 1.29 is 4.39 Å². The number of hydrogen-bond donors (Lipinski definition) is 1. The molecule has 8 heavy (non-hydrogen) atoms. The van der Waals surface area contributed by atoms with E-state index < -0.39 is 6.17 Å². The van der Waals surface area contributed by atoms with E-state index >= 15 is 0 Å². The summed E-state index contributed by atoms with van der Waals surface area (Å²) in [5, 5.41) is 0.0312. The Morgan fingerprint density at radius 2 is 1.88 bits per heavy atom. The highest BCUT2D eigenvalue weighted by Gasteiger charge is 2.20. The number of alkyl halides is 1. The van der Waals surface area contributed by atoms with Crippen LogP contribution in [0.1, 0.15) is 25.7 Å². The first kappa shape index (κ1) is 6.40. The van der Waals surface area contributed by atoms with Gasteiger partial charge in [0.05, 0.1) is 0 Å². The van der Waals surface area contributed by atoms with Crippen molar-refractivity contribution in [3.8, 4) is 0 Å². The fraction of sp³-hybridized carbons (Fsp3) is 1.00. The van der Waals surface area contributed by atoms with Crippen LogP contribution in [0.4, 0.5) is 4.39 Å². The molecule has 0 saturated heterocycles. The lowest BCUT2D eigenvalue weighted by Gasteiger charge is -2.20. The predicted molar refractivity (Wildman–Crippen MR) is 36.1 cm³/mol. The molecule has 0 amide bonds. The van der Waals surface area contributed by atoms with E-state index in [2.05, 4.69) is 12.6 Å². The largest absolute Gasteiger partial charge is 0.246 e. The molecular weight excluding hydrogens is 123 g/mol. The summed E-state index contributed by atoms with van der Waals surface area (Å²) in [6, 6.07) is 0. The summed E-state index contributed by atoms with van der Waals surface area (Å²) in [7, 11) is 0. The first-order chi connectivity index (χ1) is 3.80. The van der Waals surface area contributed by atoms with Gasteiger partial charge in [-0.25, -0.2) is 4.39 Å². The van der Waals surface area contributed by atoms with Crippen LogP contribution in [0.2, 0.25) is 0 Å². The predicted octanol–water partition coefficient (Wildman–Crippen LogP) is 2.20. The lowest BCUT2D eigenvalue weighted by atomic mass is 9.98. The molecule has 48 valence electrons. The number of thiol groups is 1. The highest BCUT2D eigenvalue weighted by Crippen LogP contribution is 2.24. The third kappa shape index (κ3) is 1.38. The molecule has 1 saturated carbocycles. The van der Waals surface area contributed by atoms with Crippen molar-refractivity contribution in [3.05, 3.63) is 0 Å². The van der Waals surface area contributed by atoms with Crippen LogP contribution in [0.15, 0.2) is 0 Å². The Balaban J connectivity index is 2.28. The number of halogens is 1. The van der Waals surface area contributed by atoms with Crippen molar-refractivity contribution >= 4 is 12.6 Å². The maximum absolute atomic E-state index is 12.5. The number of rotatable bonds is 0. The van der Waals surface area contributed by atoms with E-state index in [1.165, 1.54) is 0 Å². The second kappa shape index (κ2) is 2.72. The molecule has 2 heteroatoms. The van der Waals surface area contributed by atoms with E-state index in [4.69, 9.17) is 0 Å². The summed E-state index contributed by atoms with van der Waals surface area (Å²) in [6.07, 6.45) is 3.28. The van der Waals surface area contributed by atoms with Gasteiger partial charge in [0.15, 0.2) is 0 Å². The van der Waals surface area contributed by atoms with Gasteiger partial charge in [-0.05, 0) is 12.8 Å². The van der Waals surface area contributed by atoms with Gasteiger partial charge < -0.3 is 0 Å². The van der Waals surface area contributed by atoms with E-state index in [1.54, 1.807) is 0 Å². The first-order valence-electron chi connectivity index (χ1n) is 3.13. The van der Waals surface area contributed by atoms with Gasteiger partial charge in [0.25, 0.3) is 0 Å². The maximum Gasteiger partial charge on any atom is 0.112 e. The molecule has 0 spiro atoms. The Labute approximate surface area is 54.9 Å². The molecule has 0 unspecified atom stereocenters. The summed E-state index contributed by atoms with van der Waals surface area (Å²) in [5.41, 5.74) is 0. The van der Waals surface area contributed by atoms with Gasteiger partial charge in [-0.3, -0.25) is 0 Å². The SMILES string of the molecule is F[C@@H]1CCCC[C@H]1S. The summed E-state index contributed by atoms with van der Waals surface area (Å²) >= 11 is 4.08. The molecule has 0 N–H and O–H groups in total. The third-order valence-electron chi connectivity index (χ3n) is 1.65. The summed E-state index contributed by atoms with van der Waals surface area (Å²) < 4.78 is 12.5. The second-order valence-electron chi connectivity index (χ2n) is 2.37. The summed E-state index contributed by atoms with van der Waals surface area (Å²) in [5.74, 6) is 0. The van der Waals surface area contributed by atoms with Gasteiger partial charge in [-0.2, -0.15) is 12.6 Å². The highest BCUT2D eigenvalue weighted by molar-refractivity contribution is 7.81. The molecular formula is C6H11FS. The average Bonchev–Trinajstić information content (AvgIpc) is 1.77. The van der Waals surface area contributed by atoms with Crippen LogP contribution >= 0.6 is 12.6 Å². The van der Waals surface area contributed by atoms with Crippen LogP contribution in [0.25, 0.3) is 0 Å². The Kier molecular flexibility index (Phi) is 2.17. The van der Waals surface area contributed by atoms with E-state index in [-0.39, 0.29) is 5.25 Å². The van der Waals surface area contributed by atoms with Crippen molar-refractivity contribution in [2.75, 3.05) is 0 Å². The minimum Gasteiger partial charge on any atom is -0.246 e. The van der Waals surface area contributed by atoms with Crippen LogP contribution in [0, 0.1) is 0 Å². The van der Waals surface area contributed by atoms with Gasteiger partial charge in [-0.1, -0.05) is 12.8 Å². The smallest absolute Gasteiger partial charge is 0.112 e. The normalized spacial score (nSPS) is 39.8. The van der Waals surface area contributed by atoms with E-state index in [0.717, 1.165) is 25.7 Å². The molecule has 1 aliphatic carbocycles. The van der Waals surface area contributed by atoms with Crippen LogP contribution in [0.3, 0.4) is 0 Å². The lowest BCUT2D eigenvalue weighted by molar-refractivity contribution is 0.261. The van der Waals surface area contributed by atoms with Crippen molar-refractivity contribution in [1.29, 1.82) is 0 Å². The quantitative estimate of drug-likeness (QED) is 0.482. The van der Waals surface area contributed by atoms with Gasteiger partial charge in [0, 0.05) is 5.25 Å². The fourth-order valence-corrected chi connectivity index (χ4v) is 1.40. The highest BCUT2D eigenvalue weighted by atomic mass is 32.1. The van der Waals surface area contributed by atoms with Gasteiger partial charge >= 0.3 is 0 Å². The molecule has 0 aromatic carbocycles. The number of hydrogen-bond acceptors (Lipinski definition) is 1. The topological polar surface area (TPSA) is 0 Å². The van der Waals surface area contributed by atoms with E-state index in [1.807, 2.05) is 0 Å². The average molecular weight is 134 g/mol. The Hall–Kier alpha value is 0.280. The summed E-state index contributed by atoms with van der Waals surface area (Å²) in [4.78, 5) is 0. The minimum atomic E-state index is -0.632. The van der Waals surface area contributed by atoms with Crippen molar-refractivity contribution in [2.45, 2.75) is 37.1 Å². The minimum absolute atomic E-state index is 0.0312.